The number of nitrogens with zero attached hydrogens (tertiary/aromatic N) is 2. The highest BCUT2D eigenvalue weighted by Gasteiger charge is 2.33. The smallest absolute Gasteiger partial charge is 0.311 e. The SMILES string of the molecule is C[C@H](NC(=O)c1ccccc1)[C@@H](O)[C@H](O)[C@@H](Cc1cc(F)cc(F)c1)NC(=O)c1coc(N(C)S(C)(=O)=O)n1. The fourth-order valence-corrected chi connectivity index (χ4v) is 4.00. The van der Waals surface area contributed by atoms with Gasteiger partial charge in [0.1, 0.15) is 30.1 Å². The third-order valence-electron chi connectivity index (χ3n) is 5.86. The highest BCUT2D eigenvalue weighted by molar-refractivity contribution is 7.92. The van der Waals surface area contributed by atoms with Gasteiger partial charge in [-0.2, -0.15) is 4.98 Å². The average Bonchev–Trinajstić information content (AvgIpc) is 3.36. The van der Waals surface area contributed by atoms with Crippen LogP contribution in [0.5, 0.6) is 0 Å². The average molecular weight is 567 g/mol. The predicted molar refractivity (Wildman–Crippen MR) is 136 cm³/mol. The highest BCUT2D eigenvalue weighted by Crippen LogP contribution is 2.18. The van der Waals surface area contributed by atoms with Crippen LogP contribution in [0.1, 0.15) is 33.3 Å². The molecule has 3 aromatic rings. The number of amides is 2. The van der Waals surface area contributed by atoms with E-state index in [-0.39, 0.29) is 17.7 Å². The number of carbonyl (C=O) groups excluding carboxylic acids is 2. The highest BCUT2D eigenvalue weighted by atomic mass is 32.2. The maximum Gasteiger partial charge on any atom is 0.311 e. The van der Waals surface area contributed by atoms with Crippen molar-refractivity contribution < 1.29 is 41.4 Å². The van der Waals surface area contributed by atoms with Crippen molar-refractivity contribution in [1.82, 2.24) is 15.6 Å². The van der Waals surface area contributed by atoms with Crippen LogP contribution in [0.4, 0.5) is 14.8 Å². The van der Waals surface area contributed by atoms with Crippen molar-refractivity contribution in [3.05, 3.63) is 83.2 Å². The second kappa shape index (κ2) is 12.3. The molecule has 0 aliphatic rings. The summed E-state index contributed by atoms with van der Waals surface area (Å²) in [5.74, 6) is -3.23. The van der Waals surface area contributed by atoms with Gasteiger partial charge in [-0.05, 0) is 43.2 Å². The lowest BCUT2D eigenvalue weighted by molar-refractivity contribution is -0.0188. The maximum absolute atomic E-state index is 13.8. The van der Waals surface area contributed by atoms with Crippen molar-refractivity contribution in [3.63, 3.8) is 0 Å². The van der Waals surface area contributed by atoms with Crippen LogP contribution >= 0.6 is 0 Å². The summed E-state index contributed by atoms with van der Waals surface area (Å²) in [5.41, 5.74) is 0.0118. The summed E-state index contributed by atoms with van der Waals surface area (Å²) in [4.78, 5) is 29.2. The predicted octanol–water partition coefficient (Wildman–Crippen LogP) is 1.23. The molecule has 1 aromatic heterocycles. The van der Waals surface area contributed by atoms with E-state index in [1.807, 2.05) is 0 Å². The van der Waals surface area contributed by atoms with Gasteiger partial charge in [0.05, 0.1) is 18.3 Å². The van der Waals surface area contributed by atoms with E-state index in [9.17, 15) is 37.0 Å². The van der Waals surface area contributed by atoms with E-state index in [1.54, 1.807) is 30.3 Å². The molecular weight excluding hydrogens is 538 g/mol. The molecule has 4 N–H and O–H groups in total. The summed E-state index contributed by atoms with van der Waals surface area (Å²) in [5, 5.41) is 26.8. The fourth-order valence-electron chi connectivity index (χ4n) is 3.64. The molecule has 0 unspecified atom stereocenters. The molecule has 1 heterocycles. The Bertz CT molecular complexity index is 1400. The van der Waals surface area contributed by atoms with Gasteiger partial charge < -0.3 is 25.3 Å². The molecule has 0 aliphatic carbocycles. The number of benzene rings is 2. The van der Waals surface area contributed by atoms with E-state index in [0.717, 1.165) is 31.7 Å². The lowest BCUT2D eigenvalue weighted by Gasteiger charge is -2.31. The van der Waals surface area contributed by atoms with Crippen molar-refractivity contribution in [2.24, 2.45) is 0 Å². The summed E-state index contributed by atoms with van der Waals surface area (Å²) in [6.45, 7) is 1.43. The van der Waals surface area contributed by atoms with Crippen LogP contribution in [0.2, 0.25) is 0 Å². The molecule has 210 valence electrons. The Morgan fingerprint density at radius 1 is 1.03 bits per heavy atom. The monoisotopic (exact) mass is 566 g/mol. The van der Waals surface area contributed by atoms with Crippen molar-refractivity contribution in [1.29, 1.82) is 0 Å². The van der Waals surface area contributed by atoms with Crippen molar-refractivity contribution >= 4 is 27.9 Å². The van der Waals surface area contributed by atoms with Crippen LogP contribution in [-0.4, -0.2) is 73.0 Å². The number of aliphatic hydroxyl groups is 2. The van der Waals surface area contributed by atoms with Gasteiger partial charge >= 0.3 is 6.01 Å². The molecule has 2 aromatic carbocycles. The van der Waals surface area contributed by atoms with Crippen molar-refractivity contribution in [2.75, 3.05) is 17.6 Å². The van der Waals surface area contributed by atoms with Gasteiger partial charge in [-0.15, -0.1) is 0 Å². The van der Waals surface area contributed by atoms with E-state index >= 15 is 0 Å². The molecule has 11 nitrogen and oxygen atoms in total. The Hall–Kier alpha value is -3.88. The van der Waals surface area contributed by atoms with Crippen LogP contribution < -0.4 is 14.9 Å². The molecule has 14 heteroatoms. The van der Waals surface area contributed by atoms with Crippen LogP contribution in [0.25, 0.3) is 0 Å². The molecule has 2 amide bonds. The zero-order valence-electron chi connectivity index (χ0n) is 21.2. The molecule has 0 bridgehead atoms. The van der Waals surface area contributed by atoms with Gasteiger partial charge in [-0.25, -0.2) is 21.5 Å². The van der Waals surface area contributed by atoms with Gasteiger partial charge in [-0.1, -0.05) is 18.2 Å². The van der Waals surface area contributed by atoms with Gasteiger partial charge in [0.15, 0.2) is 5.69 Å². The number of halogens is 2. The molecule has 0 aliphatic heterocycles. The minimum atomic E-state index is -3.74. The first kappa shape index (κ1) is 29.7. The Balaban J connectivity index is 1.82. The zero-order chi connectivity index (χ0) is 28.9. The van der Waals surface area contributed by atoms with Crippen LogP contribution in [0.15, 0.2) is 59.2 Å². The Morgan fingerprint density at radius 3 is 2.23 bits per heavy atom. The molecule has 3 rings (SSSR count). The van der Waals surface area contributed by atoms with E-state index in [4.69, 9.17) is 4.42 Å². The lowest BCUT2D eigenvalue weighted by Crippen LogP contribution is -2.55. The van der Waals surface area contributed by atoms with Crippen LogP contribution in [0.3, 0.4) is 0 Å². The molecule has 0 radical (unpaired) electrons. The minimum Gasteiger partial charge on any atom is -0.430 e. The van der Waals surface area contributed by atoms with E-state index in [1.165, 1.54) is 6.92 Å². The van der Waals surface area contributed by atoms with E-state index in [0.29, 0.717) is 15.9 Å². The number of nitrogens with one attached hydrogen (secondary N) is 2. The summed E-state index contributed by atoms with van der Waals surface area (Å²) in [6, 6.07) is 8.03. The lowest BCUT2D eigenvalue weighted by atomic mass is 9.94. The van der Waals surface area contributed by atoms with Crippen LogP contribution in [-0.2, 0) is 16.4 Å². The van der Waals surface area contributed by atoms with Crippen molar-refractivity contribution in [2.45, 2.75) is 37.6 Å². The number of rotatable bonds is 11. The number of sulfonamides is 1. The first-order chi connectivity index (χ1) is 18.3. The molecular formula is C25H28F2N4O7S. The first-order valence-electron chi connectivity index (χ1n) is 11.6. The zero-order valence-corrected chi connectivity index (χ0v) is 22.0. The standard InChI is InChI=1S/C25H28F2N4O7S/c1-14(28-23(34)16-7-5-4-6-8-16)21(32)22(33)19(11-15-9-17(26)12-18(27)10-15)29-24(35)20-13-38-25(30-20)31(2)39(3,36)37/h4-10,12-14,19,21-22,32-33H,11H2,1-3H3,(H,28,34)(H,29,35)/t14-,19+,21+,22+/m0/s1. The second-order valence-electron chi connectivity index (χ2n) is 8.92. The third-order valence-corrected chi connectivity index (χ3v) is 7.01. The number of hydrogen-bond acceptors (Lipinski definition) is 8. The topological polar surface area (TPSA) is 162 Å². The van der Waals surface area contributed by atoms with Gasteiger partial charge in [0.2, 0.25) is 10.0 Å². The molecule has 0 spiro atoms. The van der Waals surface area contributed by atoms with Gasteiger partial charge in [-0.3, -0.25) is 9.59 Å². The second-order valence-corrected chi connectivity index (χ2v) is 10.9. The molecule has 0 saturated carbocycles. The summed E-state index contributed by atoms with van der Waals surface area (Å²) >= 11 is 0. The van der Waals surface area contributed by atoms with E-state index < -0.39 is 63.8 Å². The van der Waals surface area contributed by atoms with Crippen molar-refractivity contribution in [3.8, 4) is 0 Å². The number of hydrogen-bond donors (Lipinski definition) is 4. The summed E-state index contributed by atoms with van der Waals surface area (Å²) in [7, 11) is -2.58. The Morgan fingerprint density at radius 2 is 1.64 bits per heavy atom. The minimum absolute atomic E-state index is 0.0580. The molecule has 0 fully saturated rings. The first-order valence-corrected chi connectivity index (χ1v) is 13.5. The Labute approximate surface area is 223 Å². The number of anilines is 1. The molecule has 0 saturated heterocycles. The summed E-state index contributed by atoms with van der Waals surface area (Å²) in [6.07, 6.45) is -1.91. The number of oxazole rings is 1. The van der Waals surface area contributed by atoms with E-state index in [2.05, 4.69) is 15.6 Å². The largest absolute Gasteiger partial charge is 0.430 e. The summed E-state index contributed by atoms with van der Waals surface area (Å²) < 4.78 is 56.8. The number of aliphatic hydroxyl groups excluding tert-OH is 2. The number of aromatic nitrogens is 1. The molecule has 4 atom stereocenters. The van der Waals surface area contributed by atoms with Gasteiger partial charge in [0.25, 0.3) is 11.8 Å². The van der Waals surface area contributed by atoms with Crippen LogP contribution in [0, 0.1) is 11.6 Å². The molecule has 39 heavy (non-hydrogen) atoms. The quantitative estimate of drug-likeness (QED) is 0.269. The normalized spacial score (nSPS) is 14.6. The fraction of sp³-hybridized carbons (Fsp3) is 0.320. The third kappa shape index (κ3) is 7.81. The maximum atomic E-state index is 13.8. The Kier molecular flexibility index (Phi) is 9.37. The number of carbonyl (C=O) groups is 2. The van der Waals surface area contributed by atoms with Gasteiger partial charge in [0, 0.05) is 18.7 Å².